The molecule has 0 bridgehead atoms. The topological polar surface area (TPSA) is 105 Å². The van der Waals surface area contributed by atoms with Crippen LogP contribution in [0, 0.1) is 0 Å². The lowest BCUT2D eigenvalue weighted by Crippen LogP contribution is -2.52. The fourth-order valence-electron chi connectivity index (χ4n) is 3.60. The van der Waals surface area contributed by atoms with Crippen molar-refractivity contribution in [1.29, 1.82) is 0 Å². The predicted molar refractivity (Wildman–Crippen MR) is 134 cm³/mol. The van der Waals surface area contributed by atoms with Crippen LogP contribution in [-0.2, 0) is 26.2 Å². The van der Waals surface area contributed by atoms with E-state index in [1.54, 1.807) is 43.3 Å². The number of anilines is 1. The molecule has 0 aromatic heterocycles. The number of ether oxygens (including phenoxy) is 2. The van der Waals surface area contributed by atoms with Gasteiger partial charge in [0.1, 0.15) is 25.8 Å². The van der Waals surface area contributed by atoms with Crippen molar-refractivity contribution in [3.8, 4) is 11.5 Å². The van der Waals surface area contributed by atoms with Gasteiger partial charge in [0.05, 0.1) is 11.9 Å². The number of hydrogen-bond acceptors (Lipinski definition) is 6. The van der Waals surface area contributed by atoms with Crippen LogP contribution in [0.3, 0.4) is 0 Å². The summed E-state index contributed by atoms with van der Waals surface area (Å²) in [4.78, 5) is 27.7. The Labute approximate surface area is 211 Å². The summed E-state index contributed by atoms with van der Waals surface area (Å²) >= 11 is 6.31. The molecule has 11 heteroatoms. The fraction of sp³-hybridized carbons (Fsp3) is 0.417. The van der Waals surface area contributed by atoms with E-state index < -0.39 is 28.5 Å². The third-order valence-corrected chi connectivity index (χ3v) is 6.90. The lowest BCUT2D eigenvalue weighted by atomic mass is 10.1. The molecule has 1 atom stereocenters. The molecule has 0 fully saturated rings. The first-order valence-electron chi connectivity index (χ1n) is 11.2. The van der Waals surface area contributed by atoms with Gasteiger partial charge < -0.3 is 19.7 Å². The molecule has 1 heterocycles. The minimum atomic E-state index is -3.86. The maximum Gasteiger partial charge on any atom is 0.244 e. The molecular formula is C24H30ClN3O6S. The van der Waals surface area contributed by atoms with Gasteiger partial charge in [-0.1, -0.05) is 29.8 Å². The minimum Gasteiger partial charge on any atom is -0.486 e. The third kappa shape index (κ3) is 6.79. The first-order valence-corrected chi connectivity index (χ1v) is 13.4. The molecule has 2 amide bonds. The van der Waals surface area contributed by atoms with Crippen LogP contribution < -0.4 is 19.1 Å². The molecule has 1 N–H and O–H groups in total. The average Bonchev–Trinajstić information content (AvgIpc) is 2.80. The summed E-state index contributed by atoms with van der Waals surface area (Å²) in [6.45, 7) is 5.49. The molecule has 1 aliphatic rings. The van der Waals surface area contributed by atoms with Crippen molar-refractivity contribution in [2.45, 2.75) is 39.4 Å². The van der Waals surface area contributed by atoms with E-state index in [0.717, 1.165) is 10.6 Å². The van der Waals surface area contributed by atoms with Gasteiger partial charge in [0.15, 0.2) is 11.5 Å². The first kappa shape index (κ1) is 26.6. The number of amides is 2. The van der Waals surface area contributed by atoms with E-state index >= 15 is 0 Å². The molecule has 2 aromatic carbocycles. The number of benzene rings is 2. The van der Waals surface area contributed by atoms with Crippen molar-refractivity contribution < 1.29 is 27.5 Å². The van der Waals surface area contributed by atoms with E-state index in [4.69, 9.17) is 21.1 Å². The Bertz CT molecular complexity index is 1190. The van der Waals surface area contributed by atoms with E-state index in [1.165, 1.54) is 11.0 Å². The largest absolute Gasteiger partial charge is 0.486 e. The molecule has 9 nitrogen and oxygen atoms in total. The second-order valence-electron chi connectivity index (χ2n) is 8.55. The lowest BCUT2D eigenvalue weighted by molar-refractivity contribution is -0.139. The summed E-state index contributed by atoms with van der Waals surface area (Å²) in [5.74, 6) is -0.0196. The van der Waals surface area contributed by atoms with Crippen molar-refractivity contribution >= 4 is 39.1 Å². The average molecular weight is 524 g/mol. The molecule has 2 aromatic rings. The van der Waals surface area contributed by atoms with Crippen LogP contribution >= 0.6 is 11.6 Å². The number of carbonyl (C=O) groups is 2. The summed E-state index contributed by atoms with van der Waals surface area (Å²) in [5, 5.41) is 3.24. The number of halogens is 1. The van der Waals surface area contributed by atoms with E-state index in [1.807, 2.05) is 13.8 Å². The number of fused-ring (bicyclic) bond motifs is 1. The summed E-state index contributed by atoms with van der Waals surface area (Å²) in [7, 11) is -3.86. The van der Waals surface area contributed by atoms with E-state index in [2.05, 4.69) is 5.32 Å². The Morgan fingerprint density at radius 1 is 1.06 bits per heavy atom. The van der Waals surface area contributed by atoms with Crippen LogP contribution in [0.15, 0.2) is 42.5 Å². The van der Waals surface area contributed by atoms with Crippen LogP contribution in [0.4, 0.5) is 5.69 Å². The van der Waals surface area contributed by atoms with Gasteiger partial charge >= 0.3 is 0 Å². The number of rotatable bonds is 9. The van der Waals surface area contributed by atoms with E-state index in [9.17, 15) is 18.0 Å². The van der Waals surface area contributed by atoms with Gasteiger partial charge in [-0.15, -0.1) is 0 Å². The standard InChI is InChI=1S/C24H30ClN3O6S/c1-16(2)26-24(30)17(3)27(14-18-7-5-6-8-20(18)25)23(29)15-28(35(4,31)32)19-9-10-21-22(13-19)34-12-11-33-21/h5-10,13,16-17H,11-12,14-15H2,1-4H3,(H,26,30). The molecule has 35 heavy (non-hydrogen) atoms. The van der Waals surface area contributed by atoms with Gasteiger partial charge in [0, 0.05) is 23.7 Å². The Hall–Kier alpha value is -2.98. The van der Waals surface area contributed by atoms with Crippen LogP contribution in [-0.4, -0.2) is 63.2 Å². The summed E-state index contributed by atoms with van der Waals surface area (Å²) in [6, 6.07) is 10.7. The van der Waals surface area contributed by atoms with Crippen molar-refractivity contribution in [2.24, 2.45) is 0 Å². The number of nitrogens with zero attached hydrogens (tertiary/aromatic N) is 2. The van der Waals surface area contributed by atoms with Crippen LogP contribution in [0.1, 0.15) is 26.3 Å². The Kier molecular flexibility index (Phi) is 8.50. The summed E-state index contributed by atoms with van der Waals surface area (Å²) < 4.78 is 37.5. The van der Waals surface area contributed by atoms with Crippen molar-refractivity contribution in [3.05, 3.63) is 53.1 Å². The predicted octanol–water partition coefficient (Wildman–Crippen LogP) is 2.82. The van der Waals surface area contributed by atoms with E-state index in [0.29, 0.717) is 35.3 Å². The molecule has 1 aliphatic heterocycles. The van der Waals surface area contributed by atoms with Crippen LogP contribution in [0.5, 0.6) is 11.5 Å². The Balaban J connectivity index is 1.93. The number of carbonyl (C=O) groups excluding carboxylic acids is 2. The molecule has 0 spiro atoms. The van der Waals surface area contributed by atoms with Crippen molar-refractivity contribution in [2.75, 3.05) is 30.3 Å². The highest BCUT2D eigenvalue weighted by Crippen LogP contribution is 2.34. The maximum atomic E-state index is 13.6. The second kappa shape index (κ2) is 11.2. The number of hydrogen-bond donors (Lipinski definition) is 1. The molecule has 0 aliphatic carbocycles. The molecule has 3 rings (SSSR count). The zero-order valence-electron chi connectivity index (χ0n) is 20.2. The van der Waals surface area contributed by atoms with Gasteiger partial charge in [0.25, 0.3) is 0 Å². The summed E-state index contributed by atoms with van der Waals surface area (Å²) in [5.41, 5.74) is 0.888. The zero-order chi connectivity index (χ0) is 25.8. The zero-order valence-corrected chi connectivity index (χ0v) is 21.7. The van der Waals surface area contributed by atoms with Crippen molar-refractivity contribution in [3.63, 3.8) is 0 Å². The maximum absolute atomic E-state index is 13.6. The monoisotopic (exact) mass is 523 g/mol. The molecule has 0 saturated carbocycles. The van der Waals surface area contributed by atoms with Gasteiger partial charge in [-0.25, -0.2) is 8.42 Å². The van der Waals surface area contributed by atoms with Gasteiger partial charge in [-0.3, -0.25) is 13.9 Å². The SMILES string of the molecule is CC(C)NC(=O)C(C)N(Cc1ccccc1Cl)C(=O)CN(c1ccc2c(c1)OCCO2)S(C)(=O)=O. The van der Waals surface area contributed by atoms with Crippen molar-refractivity contribution in [1.82, 2.24) is 10.2 Å². The second-order valence-corrected chi connectivity index (χ2v) is 10.9. The minimum absolute atomic E-state index is 0.0317. The highest BCUT2D eigenvalue weighted by Gasteiger charge is 2.31. The molecular weight excluding hydrogens is 494 g/mol. The normalized spacial score (nSPS) is 13.8. The number of sulfonamides is 1. The van der Waals surface area contributed by atoms with Gasteiger partial charge in [-0.05, 0) is 44.5 Å². The highest BCUT2D eigenvalue weighted by molar-refractivity contribution is 7.92. The van der Waals surface area contributed by atoms with Gasteiger partial charge in [-0.2, -0.15) is 0 Å². The Morgan fingerprint density at radius 2 is 1.71 bits per heavy atom. The first-order chi connectivity index (χ1) is 16.5. The third-order valence-electron chi connectivity index (χ3n) is 5.39. The number of nitrogens with one attached hydrogen (secondary N) is 1. The Morgan fingerprint density at radius 3 is 2.34 bits per heavy atom. The molecule has 190 valence electrons. The smallest absolute Gasteiger partial charge is 0.244 e. The highest BCUT2D eigenvalue weighted by atomic mass is 35.5. The van der Waals surface area contributed by atoms with Crippen LogP contribution in [0.25, 0.3) is 0 Å². The molecule has 1 unspecified atom stereocenters. The van der Waals surface area contributed by atoms with Crippen LogP contribution in [0.2, 0.25) is 5.02 Å². The fourth-order valence-corrected chi connectivity index (χ4v) is 4.64. The molecule has 0 saturated heterocycles. The van der Waals surface area contributed by atoms with E-state index in [-0.39, 0.29) is 24.2 Å². The van der Waals surface area contributed by atoms with Gasteiger partial charge in [0.2, 0.25) is 21.8 Å². The summed E-state index contributed by atoms with van der Waals surface area (Å²) in [6.07, 6.45) is 1.02. The lowest BCUT2D eigenvalue weighted by Gasteiger charge is -2.32. The quantitative estimate of drug-likeness (QED) is 0.542. The molecule has 0 radical (unpaired) electrons.